The van der Waals surface area contributed by atoms with E-state index in [0.717, 1.165) is 0 Å². The third kappa shape index (κ3) is 3.74. The number of aromatic nitrogens is 1. The first-order valence-electron chi connectivity index (χ1n) is 6.34. The van der Waals surface area contributed by atoms with Gasteiger partial charge in [-0.05, 0) is 0 Å². The zero-order chi connectivity index (χ0) is 18.3. The molecular formula is C12H8F9NO2. The van der Waals surface area contributed by atoms with E-state index in [1.54, 1.807) is 0 Å². The topological polar surface area (TPSA) is 31.4 Å². The lowest BCUT2D eigenvalue weighted by Crippen LogP contribution is -2.32. The van der Waals surface area contributed by atoms with Crippen LogP contribution in [-0.4, -0.2) is 30.5 Å². The Bertz CT molecular complexity index is 614. The van der Waals surface area contributed by atoms with Gasteiger partial charge in [-0.1, -0.05) is 0 Å². The largest absolute Gasteiger partial charge is 0.436 e. The van der Waals surface area contributed by atoms with Crippen LogP contribution in [0.15, 0.2) is 0 Å². The van der Waals surface area contributed by atoms with Crippen LogP contribution in [0.5, 0.6) is 0 Å². The summed E-state index contributed by atoms with van der Waals surface area (Å²) in [6.45, 7) is -1.19. The number of hydrogen-bond acceptors (Lipinski definition) is 3. The van der Waals surface area contributed by atoms with Crippen LogP contribution in [0.3, 0.4) is 0 Å². The maximum Gasteiger partial charge on any atom is 0.436 e. The summed E-state index contributed by atoms with van der Waals surface area (Å²) >= 11 is 0. The number of rotatable bonds is 1. The van der Waals surface area contributed by atoms with Crippen LogP contribution in [0.4, 0.5) is 39.5 Å². The minimum Gasteiger partial charge on any atom is -0.371 e. The Kier molecular flexibility index (Phi) is 5.00. The molecule has 0 N–H and O–H groups in total. The fourth-order valence-corrected chi connectivity index (χ4v) is 2.14. The van der Waals surface area contributed by atoms with Crippen molar-refractivity contribution in [3.63, 3.8) is 0 Å². The van der Waals surface area contributed by atoms with Gasteiger partial charge < -0.3 is 9.47 Å². The summed E-state index contributed by atoms with van der Waals surface area (Å²) in [5, 5.41) is 0. The predicted molar refractivity (Wildman–Crippen MR) is 58.2 cm³/mol. The van der Waals surface area contributed by atoms with Crippen LogP contribution in [0.2, 0.25) is 0 Å². The van der Waals surface area contributed by atoms with Gasteiger partial charge >= 0.3 is 12.4 Å². The second-order valence-corrected chi connectivity index (χ2v) is 4.79. The SMILES string of the molecule is Fc1nc(C(F)(F)F)c(F)c(C2CC(C(F)(F)F)OCCO2)c1F. The summed E-state index contributed by atoms with van der Waals surface area (Å²) in [6, 6.07) is 0. The van der Waals surface area contributed by atoms with E-state index >= 15 is 0 Å². The average molecular weight is 369 g/mol. The fraction of sp³-hybridized carbons (Fsp3) is 0.583. The summed E-state index contributed by atoms with van der Waals surface area (Å²) in [6.07, 6.45) is -16.3. The lowest BCUT2D eigenvalue weighted by Gasteiger charge is -2.23. The molecule has 3 nitrogen and oxygen atoms in total. The van der Waals surface area contributed by atoms with Crippen molar-refractivity contribution in [1.29, 1.82) is 0 Å². The molecule has 0 radical (unpaired) electrons. The highest BCUT2D eigenvalue weighted by Crippen LogP contribution is 2.39. The zero-order valence-corrected chi connectivity index (χ0v) is 11.4. The van der Waals surface area contributed by atoms with Gasteiger partial charge in [0.25, 0.3) is 0 Å². The Balaban J connectivity index is 2.52. The van der Waals surface area contributed by atoms with Crippen molar-refractivity contribution < 1.29 is 49.0 Å². The minimum absolute atomic E-state index is 0.582. The molecule has 0 saturated carbocycles. The Morgan fingerprint density at radius 3 is 2.00 bits per heavy atom. The van der Waals surface area contributed by atoms with Crippen LogP contribution in [0.1, 0.15) is 23.8 Å². The van der Waals surface area contributed by atoms with Crippen LogP contribution in [0, 0.1) is 17.6 Å². The summed E-state index contributed by atoms with van der Waals surface area (Å²) in [4.78, 5) is 2.14. The van der Waals surface area contributed by atoms with E-state index < -0.39 is 73.0 Å². The molecule has 1 aromatic heterocycles. The quantitative estimate of drug-likeness (QED) is 0.555. The average Bonchev–Trinajstić information content (AvgIpc) is 2.67. The molecule has 0 amide bonds. The third-order valence-corrected chi connectivity index (χ3v) is 3.18. The van der Waals surface area contributed by atoms with Crippen molar-refractivity contribution in [3.8, 4) is 0 Å². The van der Waals surface area contributed by atoms with Gasteiger partial charge in [0.15, 0.2) is 23.4 Å². The van der Waals surface area contributed by atoms with Gasteiger partial charge in [0.1, 0.15) is 0 Å². The third-order valence-electron chi connectivity index (χ3n) is 3.18. The summed E-state index contributed by atoms with van der Waals surface area (Å²) in [5.74, 6) is -6.77. The molecule has 24 heavy (non-hydrogen) atoms. The van der Waals surface area contributed by atoms with Crippen molar-refractivity contribution in [3.05, 3.63) is 28.8 Å². The number of ether oxygens (including phenoxy) is 2. The number of hydrogen-bond donors (Lipinski definition) is 0. The second kappa shape index (κ2) is 6.39. The van der Waals surface area contributed by atoms with E-state index in [-0.39, 0.29) is 0 Å². The van der Waals surface area contributed by atoms with E-state index in [9.17, 15) is 39.5 Å². The van der Waals surface area contributed by atoms with E-state index in [4.69, 9.17) is 4.74 Å². The predicted octanol–water partition coefficient (Wildman–Crippen LogP) is 3.93. The van der Waals surface area contributed by atoms with Gasteiger partial charge in [-0.2, -0.15) is 30.7 Å². The molecule has 136 valence electrons. The summed E-state index contributed by atoms with van der Waals surface area (Å²) < 4.78 is 126. The van der Waals surface area contributed by atoms with Crippen molar-refractivity contribution >= 4 is 0 Å². The Morgan fingerprint density at radius 2 is 1.46 bits per heavy atom. The molecule has 2 rings (SSSR count). The molecule has 1 aromatic rings. The first kappa shape index (κ1) is 18.8. The highest BCUT2D eigenvalue weighted by molar-refractivity contribution is 5.26. The van der Waals surface area contributed by atoms with Gasteiger partial charge in [-0.3, -0.25) is 0 Å². The summed E-state index contributed by atoms with van der Waals surface area (Å²) in [5.41, 5.74) is -3.98. The lowest BCUT2D eigenvalue weighted by molar-refractivity contribution is -0.220. The smallest absolute Gasteiger partial charge is 0.371 e. The number of nitrogens with zero attached hydrogens (tertiary/aromatic N) is 1. The highest BCUT2D eigenvalue weighted by Gasteiger charge is 2.46. The van der Waals surface area contributed by atoms with Crippen molar-refractivity contribution in [1.82, 2.24) is 4.98 Å². The maximum absolute atomic E-state index is 14.0. The van der Waals surface area contributed by atoms with Gasteiger partial charge in [0, 0.05) is 6.42 Å². The molecule has 1 saturated heterocycles. The van der Waals surface area contributed by atoms with Crippen molar-refractivity contribution in [2.24, 2.45) is 0 Å². The molecule has 0 spiro atoms. The van der Waals surface area contributed by atoms with E-state index in [1.165, 1.54) is 0 Å². The zero-order valence-electron chi connectivity index (χ0n) is 11.4. The molecule has 1 aliphatic rings. The monoisotopic (exact) mass is 369 g/mol. The van der Waals surface area contributed by atoms with Crippen LogP contribution >= 0.6 is 0 Å². The molecule has 1 fully saturated rings. The number of alkyl halides is 6. The maximum atomic E-state index is 14.0. The van der Waals surface area contributed by atoms with Crippen LogP contribution in [0.25, 0.3) is 0 Å². The van der Waals surface area contributed by atoms with Gasteiger partial charge in [0.2, 0.25) is 5.95 Å². The van der Waals surface area contributed by atoms with Gasteiger partial charge in [0.05, 0.1) is 24.9 Å². The Morgan fingerprint density at radius 1 is 0.875 bits per heavy atom. The van der Waals surface area contributed by atoms with Crippen LogP contribution in [-0.2, 0) is 15.7 Å². The number of halogens is 9. The van der Waals surface area contributed by atoms with Crippen LogP contribution < -0.4 is 0 Å². The summed E-state index contributed by atoms with van der Waals surface area (Å²) in [7, 11) is 0. The lowest BCUT2D eigenvalue weighted by atomic mass is 10.0. The molecular weight excluding hydrogens is 361 g/mol. The van der Waals surface area contributed by atoms with E-state index in [1.807, 2.05) is 0 Å². The Labute approximate surface area is 128 Å². The second-order valence-electron chi connectivity index (χ2n) is 4.79. The molecule has 12 heteroatoms. The molecule has 1 aliphatic heterocycles. The van der Waals surface area contributed by atoms with Gasteiger partial charge in [-0.15, -0.1) is 0 Å². The van der Waals surface area contributed by atoms with Gasteiger partial charge in [-0.25, -0.2) is 13.8 Å². The number of pyridine rings is 1. The van der Waals surface area contributed by atoms with E-state index in [0.29, 0.717) is 0 Å². The van der Waals surface area contributed by atoms with Crippen molar-refractivity contribution in [2.75, 3.05) is 13.2 Å². The van der Waals surface area contributed by atoms with Crippen molar-refractivity contribution in [2.45, 2.75) is 31.0 Å². The molecule has 2 heterocycles. The highest BCUT2D eigenvalue weighted by atomic mass is 19.4. The first-order chi connectivity index (χ1) is 10.9. The Hall–Kier alpha value is -1.56. The standard InChI is InChI=1S/C12H8F9NO2/c13-7-6(8(14)10(15)22-9(7)12(19,20)21)4-3-5(11(16,17)18)24-2-1-23-4/h4-5H,1-3H2. The first-order valence-corrected chi connectivity index (χ1v) is 6.34. The molecule has 2 atom stereocenters. The molecule has 0 bridgehead atoms. The molecule has 0 aromatic carbocycles. The molecule has 2 unspecified atom stereocenters. The van der Waals surface area contributed by atoms with E-state index in [2.05, 4.69) is 9.72 Å². The minimum atomic E-state index is -5.47. The normalized spacial score (nSPS) is 23.2. The molecule has 0 aliphatic carbocycles. The fourth-order valence-electron chi connectivity index (χ4n) is 2.14.